The summed E-state index contributed by atoms with van der Waals surface area (Å²) in [5, 5.41) is 12.1. The zero-order valence-corrected chi connectivity index (χ0v) is 17.7. The first-order valence-electron chi connectivity index (χ1n) is 9.29. The zero-order valence-electron chi connectivity index (χ0n) is 16.1. The van der Waals surface area contributed by atoms with E-state index in [9.17, 15) is 9.59 Å². The number of nitrogens with one attached hydrogen (secondary N) is 1. The van der Waals surface area contributed by atoms with Gasteiger partial charge in [-0.25, -0.2) is 0 Å². The molecule has 0 unspecified atom stereocenters. The molecule has 0 radical (unpaired) electrons. The van der Waals surface area contributed by atoms with Crippen LogP contribution in [0.1, 0.15) is 26.0 Å². The Labute approximate surface area is 172 Å². The third-order valence-corrected chi connectivity index (χ3v) is 6.37. The number of anilines is 1. The van der Waals surface area contributed by atoms with Crippen LogP contribution in [0.3, 0.4) is 0 Å². The van der Waals surface area contributed by atoms with Crippen LogP contribution in [0.4, 0.5) is 5.13 Å². The minimum absolute atomic E-state index is 0.0737. The molecule has 28 heavy (non-hydrogen) atoms. The molecule has 2 amide bonds. The zero-order chi connectivity index (χ0) is 19.9. The SMILES string of the molecule is CC(C)CC(=O)N1CCN(c2nnc(SCC(=O)NCc3ccco3)s2)CC1. The van der Waals surface area contributed by atoms with Crippen molar-refractivity contribution in [2.75, 3.05) is 36.8 Å². The maximum absolute atomic E-state index is 12.2. The van der Waals surface area contributed by atoms with Crippen molar-refractivity contribution in [3.05, 3.63) is 24.2 Å². The molecule has 0 spiro atoms. The van der Waals surface area contributed by atoms with Crippen LogP contribution >= 0.6 is 23.1 Å². The van der Waals surface area contributed by atoms with Crippen LogP contribution in [-0.4, -0.2) is 58.8 Å². The van der Waals surface area contributed by atoms with Gasteiger partial charge in [0, 0.05) is 32.6 Å². The molecule has 0 bridgehead atoms. The van der Waals surface area contributed by atoms with Crippen molar-refractivity contribution in [3.8, 4) is 0 Å². The molecule has 0 aromatic carbocycles. The van der Waals surface area contributed by atoms with Gasteiger partial charge in [-0.3, -0.25) is 9.59 Å². The van der Waals surface area contributed by atoms with Gasteiger partial charge in [0.1, 0.15) is 5.76 Å². The van der Waals surface area contributed by atoms with E-state index in [1.165, 1.54) is 23.1 Å². The number of rotatable bonds is 8. The second kappa shape index (κ2) is 9.92. The summed E-state index contributed by atoms with van der Waals surface area (Å²) in [5.74, 6) is 1.54. The quantitative estimate of drug-likeness (QED) is 0.651. The van der Waals surface area contributed by atoms with E-state index in [1.807, 2.05) is 11.0 Å². The van der Waals surface area contributed by atoms with Crippen molar-refractivity contribution in [2.24, 2.45) is 5.92 Å². The maximum atomic E-state index is 12.2. The number of carbonyl (C=O) groups excluding carboxylic acids is 2. The minimum Gasteiger partial charge on any atom is -0.467 e. The highest BCUT2D eigenvalue weighted by molar-refractivity contribution is 8.01. The van der Waals surface area contributed by atoms with Gasteiger partial charge >= 0.3 is 0 Å². The van der Waals surface area contributed by atoms with Crippen molar-refractivity contribution >= 4 is 40.0 Å². The standard InChI is InChI=1S/C18H25N5O3S2/c1-13(2)10-16(25)22-5-7-23(8-6-22)17-20-21-18(28-17)27-12-15(24)19-11-14-4-3-9-26-14/h3-4,9,13H,5-8,10-12H2,1-2H3,(H,19,24). The van der Waals surface area contributed by atoms with Crippen LogP contribution in [-0.2, 0) is 16.1 Å². The number of piperazine rings is 1. The molecule has 0 aliphatic carbocycles. The number of nitrogens with zero attached hydrogens (tertiary/aromatic N) is 4. The largest absolute Gasteiger partial charge is 0.467 e. The first-order valence-corrected chi connectivity index (χ1v) is 11.1. The minimum atomic E-state index is -0.0737. The summed E-state index contributed by atoms with van der Waals surface area (Å²) in [5.41, 5.74) is 0. The molecule has 152 valence electrons. The maximum Gasteiger partial charge on any atom is 0.230 e. The summed E-state index contributed by atoms with van der Waals surface area (Å²) in [4.78, 5) is 28.2. The lowest BCUT2D eigenvalue weighted by Gasteiger charge is -2.34. The number of carbonyl (C=O) groups is 2. The van der Waals surface area contributed by atoms with E-state index in [2.05, 4.69) is 34.3 Å². The van der Waals surface area contributed by atoms with Crippen LogP contribution in [0.25, 0.3) is 0 Å². The summed E-state index contributed by atoms with van der Waals surface area (Å²) >= 11 is 2.86. The van der Waals surface area contributed by atoms with Crippen molar-refractivity contribution in [3.63, 3.8) is 0 Å². The van der Waals surface area contributed by atoms with Crippen LogP contribution in [0.5, 0.6) is 0 Å². The molecular formula is C18H25N5O3S2. The van der Waals surface area contributed by atoms with Gasteiger partial charge in [-0.1, -0.05) is 36.9 Å². The fraction of sp³-hybridized carbons (Fsp3) is 0.556. The van der Waals surface area contributed by atoms with E-state index < -0.39 is 0 Å². The third-order valence-electron chi connectivity index (χ3n) is 4.25. The van der Waals surface area contributed by atoms with Crippen LogP contribution < -0.4 is 10.2 Å². The molecule has 1 N–H and O–H groups in total. The summed E-state index contributed by atoms with van der Waals surface area (Å²) in [6.45, 7) is 7.44. The number of hydrogen-bond donors (Lipinski definition) is 1. The molecule has 3 rings (SSSR count). The summed E-state index contributed by atoms with van der Waals surface area (Å²) in [6.07, 6.45) is 2.18. The molecule has 2 aromatic heterocycles. The monoisotopic (exact) mass is 423 g/mol. The van der Waals surface area contributed by atoms with Gasteiger partial charge in [-0.05, 0) is 18.1 Å². The first-order chi connectivity index (χ1) is 13.5. The fourth-order valence-electron chi connectivity index (χ4n) is 2.79. The Kier molecular flexibility index (Phi) is 7.32. The molecule has 1 aliphatic rings. The Morgan fingerprint density at radius 2 is 2.07 bits per heavy atom. The van der Waals surface area contributed by atoms with Crippen molar-refractivity contribution in [1.82, 2.24) is 20.4 Å². The lowest BCUT2D eigenvalue weighted by Crippen LogP contribution is -2.49. The average Bonchev–Trinajstić information content (AvgIpc) is 3.36. The van der Waals surface area contributed by atoms with Gasteiger partial charge in [-0.2, -0.15) is 0 Å². The smallest absolute Gasteiger partial charge is 0.230 e. The molecule has 10 heteroatoms. The lowest BCUT2D eigenvalue weighted by molar-refractivity contribution is -0.132. The second-order valence-corrected chi connectivity index (χ2v) is 9.14. The highest BCUT2D eigenvalue weighted by Gasteiger charge is 2.23. The van der Waals surface area contributed by atoms with E-state index in [4.69, 9.17) is 4.42 Å². The Bertz CT molecular complexity index is 770. The highest BCUT2D eigenvalue weighted by atomic mass is 32.2. The second-order valence-electron chi connectivity index (χ2n) is 6.96. The average molecular weight is 424 g/mol. The van der Waals surface area contributed by atoms with Gasteiger partial charge in [0.2, 0.25) is 16.9 Å². The van der Waals surface area contributed by atoms with Crippen LogP contribution in [0, 0.1) is 5.92 Å². The topological polar surface area (TPSA) is 91.6 Å². The molecular weight excluding hydrogens is 398 g/mol. The molecule has 1 aliphatic heterocycles. The van der Waals surface area contributed by atoms with Gasteiger partial charge in [0.15, 0.2) is 4.34 Å². The van der Waals surface area contributed by atoms with E-state index in [-0.39, 0.29) is 17.6 Å². The van der Waals surface area contributed by atoms with Crippen molar-refractivity contribution in [2.45, 2.75) is 31.2 Å². The van der Waals surface area contributed by atoms with Crippen LogP contribution in [0.15, 0.2) is 27.2 Å². The number of amides is 2. The van der Waals surface area contributed by atoms with E-state index >= 15 is 0 Å². The first kappa shape index (κ1) is 20.7. The summed E-state index contributed by atoms with van der Waals surface area (Å²) in [6, 6.07) is 3.61. The highest BCUT2D eigenvalue weighted by Crippen LogP contribution is 2.28. The van der Waals surface area contributed by atoms with E-state index in [0.29, 0.717) is 32.0 Å². The lowest BCUT2D eigenvalue weighted by atomic mass is 10.1. The Balaban J connectivity index is 1.40. The number of furan rings is 1. The number of hydrogen-bond acceptors (Lipinski definition) is 8. The molecule has 0 saturated carbocycles. The van der Waals surface area contributed by atoms with Crippen molar-refractivity contribution < 1.29 is 14.0 Å². The predicted octanol–water partition coefficient (Wildman–Crippen LogP) is 2.23. The van der Waals surface area contributed by atoms with E-state index in [1.54, 1.807) is 12.3 Å². The number of thioether (sulfide) groups is 1. The van der Waals surface area contributed by atoms with Gasteiger partial charge in [0.25, 0.3) is 0 Å². The molecule has 1 saturated heterocycles. The molecule has 8 nitrogen and oxygen atoms in total. The Morgan fingerprint density at radius 3 is 2.75 bits per heavy atom. The molecule has 3 heterocycles. The van der Waals surface area contributed by atoms with E-state index in [0.717, 1.165) is 28.3 Å². The third kappa shape index (κ3) is 5.96. The fourth-order valence-corrected chi connectivity index (χ4v) is 4.51. The molecule has 2 aromatic rings. The van der Waals surface area contributed by atoms with Gasteiger partial charge in [-0.15, -0.1) is 10.2 Å². The summed E-state index contributed by atoms with van der Waals surface area (Å²) < 4.78 is 5.95. The normalized spacial score (nSPS) is 14.5. The van der Waals surface area contributed by atoms with Crippen molar-refractivity contribution in [1.29, 1.82) is 0 Å². The molecule has 1 fully saturated rings. The number of aromatic nitrogens is 2. The van der Waals surface area contributed by atoms with Gasteiger partial charge in [0.05, 0.1) is 18.6 Å². The summed E-state index contributed by atoms with van der Waals surface area (Å²) in [7, 11) is 0. The Hall–Kier alpha value is -2.07. The predicted molar refractivity (Wildman–Crippen MR) is 109 cm³/mol. The van der Waals surface area contributed by atoms with Crippen LogP contribution in [0.2, 0.25) is 0 Å². The Morgan fingerprint density at radius 1 is 1.29 bits per heavy atom. The molecule has 0 atom stereocenters. The van der Waals surface area contributed by atoms with Gasteiger partial charge < -0.3 is 19.5 Å².